The highest BCUT2D eigenvalue weighted by atomic mass is 32.2. The molecule has 2 aromatic carbocycles. The number of alkyl halides is 2. The van der Waals surface area contributed by atoms with Crippen molar-refractivity contribution in [3.05, 3.63) is 78.0 Å². The van der Waals surface area contributed by atoms with Crippen LogP contribution in [-0.4, -0.2) is 42.8 Å². The van der Waals surface area contributed by atoms with Gasteiger partial charge in [0, 0.05) is 30.9 Å². The fraction of sp³-hybridized carbons (Fsp3) is 0.250. The molecule has 1 amide bonds. The summed E-state index contributed by atoms with van der Waals surface area (Å²) < 4.78 is 83.3. The first-order valence-corrected chi connectivity index (χ1v) is 12.3. The maximum Gasteiger partial charge on any atom is 0.388 e. The van der Waals surface area contributed by atoms with Crippen molar-refractivity contribution in [1.29, 1.82) is 0 Å². The molecule has 0 aliphatic carbocycles. The second-order valence-corrected chi connectivity index (χ2v) is 9.95. The summed E-state index contributed by atoms with van der Waals surface area (Å²) in [6.45, 7) is -2.96. The summed E-state index contributed by atoms with van der Waals surface area (Å²) in [5, 5.41) is 2.65. The molecule has 0 bridgehead atoms. The second kappa shape index (κ2) is 10.6. The SMILES string of the molecule is O=C(NCc1cc(F)cc(-c2ccc(OC(F)F)nc2)c1)C1CCCN1S(=O)(=O)c1ccc(F)cc1. The third-order valence-electron chi connectivity index (χ3n) is 5.63. The van der Waals surface area contributed by atoms with Crippen LogP contribution in [0.5, 0.6) is 5.88 Å². The number of pyridine rings is 1. The Balaban J connectivity index is 1.46. The van der Waals surface area contributed by atoms with E-state index in [0.717, 1.165) is 28.6 Å². The maximum atomic E-state index is 14.3. The van der Waals surface area contributed by atoms with Crippen LogP contribution < -0.4 is 10.1 Å². The van der Waals surface area contributed by atoms with E-state index in [4.69, 9.17) is 0 Å². The van der Waals surface area contributed by atoms with Gasteiger partial charge in [0.15, 0.2) is 0 Å². The summed E-state index contributed by atoms with van der Waals surface area (Å²) in [5.74, 6) is -1.99. The Morgan fingerprint density at radius 1 is 1.06 bits per heavy atom. The van der Waals surface area contributed by atoms with E-state index in [-0.39, 0.29) is 23.9 Å². The molecule has 190 valence electrons. The predicted molar refractivity (Wildman–Crippen MR) is 121 cm³/mol. The number of hydrogen-bond acceptors (Lipinski definition) is 5. The van der Waals surface area contributed by atoms with Crippen molar-refractivity contribution in [1.82, 2.24) is 14.6 Å². The number of sulfonamides is 1. The molecule has 1 atom stereocenters. The molecule has 0 radical (unpaired) electrons. The van der Waals surface area contributed by atoms with Gasteiger partial charge >= 0.3 is 6.61 Å². The molecule has 1 saturated heterocycles. The van der Waals surface area contributed by atoms with E-state index in [1.807, 2.05) is 0 Å². The van der Waals surface area contributed by atoms with Crippen LogP contribution in [-0.2, 0) is 21.4 Å². The van der Waals surface area contributed by atoms with Crippen molar-refractivity contribution in [3.63, 3.8) is 0 Å². The lowest BCUT2D eigenvalue weighted by Gasteiger charge is -2.23. The molecular formula is C24H21F4N3O4S. The number of rotatable bonds is 8. The first-order chi connectivity index (χ1) is 17.1. The quantitative estimate of drug-likeness (QED) is 0.450. The van der Waals surface area contributed by atoms with Gasteiger partial charge in [-0.15, -0.1) is 0 Å². The number of hydrogen-bond donors (Lipinski definition) is 1. The number of nitrogens with zero attached hydrogens (tertiary/aromatic N) is 2. The fourth-order valence-electron chi connectivity index (χ4n) is 3.97. The summed E-state index contributed by atoms with van der Waals surface area (Å²) >= 11 is 0. The number of amides is 1. The number of carbonyl (C=O) groups is 1. The van der Waals surface area contributed by atoms with Gasteiger partial charge in [-0.3, -0.25) is 4.79 Å². The molecule has 7 nitrogen and oxygen atoms in total. The number of ether oxygens (including phenoxy) is 1. The van der Waals surface area contributed by atoms with Crippen LogP contribution in [0.1, 0.15) is 18.4 Å². The molecule has 1 aliphatic heterocycles. The molecule has 3 aromatic rings. The standard InChI is InChI=1S/C24H21F4N3O4S/c25-18-4-6-20(7-5-18)36(33,34)31-9-1-2-21(31)23(32)30-13-15-10-17(12-19(26)11-15)16-3-8-22(29-14-16)35-24(27)28/h3-8,10-12,14,21,24H,1-2,9,13H2,(H,30,32). The second-order valence-electron chi connectivity index (χ2n) is 8.06. The van der Waals surface area contributed by atoms with Gasteiger partial charge in [-0.25, -0.2) is 22.2 Å². The van der Waals surface area contributed by atoms with Gasteiger partial charge < -0.3 is 10.1 Å². The van der Waals surface area contributed by atoms with E-state index < -0.39 is 40.2 Å². The third-order valence-corrected chi connectivity index (χ3v) is 7.55. The maximum absolute atomic E-state index is 14.3. The molecule has 2 heterocycles. The Labute approximate surface area is 204 Å². The van der Waals surface area contributed by atoms with Crippen molar-refractivity contribution >= 4 is 15.9 Å². The smallest absolute Gasteiger partial charge is 0.388 e. The lowest BCUT2D eigenvalue weighted by atomic mass is 10.0. The summed E-state index contributed by atoms with van der Waals surface area (Å²) in [5.41, 5.74) is 1.24. The van der Waals surface area contributed by atoms with Crippen molar-refractivity contribution in [2.24, 2.45) is 0 Å². The highest BCUT2D eigenvalue weighted by molar-refractivity contribution is 7.89. The summed E-state index contributed by atoms with van der Waals surface area (Å²) in [7, 11) is -4.01. The van der Waals surface area contributed by atoms with Crippen molar-refractivity contribution in [2.45, 2.75) is 36.9 Å². The Hall–Kier alpha value is -3.51. The molecule has 1 aromatic heterocycles. The van der Waals surface area contributed by atoms with E-state index in [2.05, 4.69) is 15.0 Å². The minimum atomic E-state index is -4.01. The summed E-state index contributed by atoms with van der Waals surface area (Å²) in [6, 6.07) is 10.1. The molecule has 0 spiro atoms. The van der Waals surface area contributed by atoms with Gasteiger partial charge in [0.1, 0.15) is 17.7 Å². The molecule has 36 heavy (non-hydrogen) atoms. The van der Waals surface area contributed by atoms with Gasteiger partial charge in [-0.1, -0.05) is 0 Å². The highest BCUT2D eigenvalue weighted by Gasteiger charge is 2.39. The largest absolute Gasteiger partial charge is 0.417 e. The predicted octanol–water partition coefficient (Wildman–Crippen LogP) is 4.10. The van der Waals surface area contributed by atoms with Crippen LogP contribution in [0.3, 0.4) is 0 Å². The zero-order valence-electron chi connectivity index (χ0n) is 18.7. The molecule has 1 unspecified atom stereocenters. The lowest BCUT2D eigenvalue weighted by Crippen LogP contribution is -2.45. The van der Waals surface area contributed by atoms with Gasteiger partial charge in [-0.2, -0.15) is 13.1 Å². The van der Waals surface area contributed by atoms with Crippen LogP contribution >= 0.6 is 0 Å². The summed E-state index contributed by atoms with van der Waals surface area (Å²) in [6.07, 6.45) is 2.03. The van der Waals surface area contributed by atoms with Gasteiger partial charge in [0.2, 0.25) is 21.8 Å². The molecule has 0 saturated carbocycles. The van der Waals surface area contributed by atoms with Crippen LogP contribution in [0.4, 0.5) is 17.6 Å². The van der Waals surface area contributed by atoms with Crippen LogP contribution in [0.25, 0.3) is 11.1 Å². The van der Waals surface area contributed by atoms with E-state index >= 15 is 0 Å². The van der Waals surface area contributed by atoms with Gasteiger partial charge in [0.05, 0.1) is 4.90 Å². The van der Waals surface area contributed by atoms with Crippen molar-refractivity contribution < 1.29 is 35.5 Å². The molecule has 1 N–H and O–H groups in total. The topological polar surface area (TPSA) is 88.6 Å². The number of carbonyl (C=O) groups excluding carboxylic acids is 1. The number of aromatic nitrogens is 1. The zero-order chi connectivity index (χ0) is 25.9. The van der Waals surface area contributed by atoms with E-state index in [0.29, 0.717) is 29.5 Å². The molecular weight excluding hydrogens is 502 g/mol. The fourth-order valence-corrected chi connectivity index (χ4v) is 5.63. The Morgan fingerprint density at radius 3 is 2.47 bits per heavy atom. The third kappa shape index (κ3) is 5.82. The first kappa shape index (κ1) is 25.6. The van der Waals surface area contributed by atoms with Crippen molar-refractivity contribution in [3.8, 4) is 17.0 Å². The number of nitrogens with one attached hydrogen (secondary N) is 1. The zero-order valence-corrected chi connectivity index (χ0v) is 19.5. The minimum absolute atomic E-state index is 0.0788. The van der Waals surface area contributed by atoms with Gasteiger partial charge in [0.25, 0.3) is 0 Å². The Bertz CT molecular complexity index is 1340. The number of halogens is 4. The average Bonchev–Trinajstić information content (AvgIpc) is 3.34. The normalized spacial score (nSPS) is 16.3. The molecule has 1 aliphatic rings. The minimum Gasteiger partial charge on any atom is -0.417 e. The molecule has 4 rings (SSSR count). The molecule has 1 fully saturated rings. The average molecular weight is 524 g/mol. The monoisotopic (exact) mass is 523 g/mol. The van der Waals surface area contributed by atoms with Crippen molar-refractivity contribution in [2.75, 3.05) is 6.54 Å². The van der Waals surface area contributed by atoms with E-state index in [9.17, 15) is 30.8 Å². The molecule has 12 heteroatoms. The van der Waals surface area contributed by atoms with E-state index in [1.165, 1.54) is 30.5 Å². The first-order valence-electron chi connectivity index (χ1n) is 10.9. The van der Waals surface area contributed by atoms with Crippen LogP contribution in [0.2, 0.25) is 0 Å². The van der Waals surface area contributed by atoms with Gasteiger partial charge in [-0.05, 0) is 72.5 Å². The Kier molecular flexibility index (Phi) is 7.55. The number of benzene rings is 2. The van der Waals surface area contributed by atoms with Crippen LogP contribution in [0, 0.1) is 11.6 Å². The van der Waals surface area contributed by atoms with E-state index in [1.54, 1.807) is 6.07 Å². The lowest BCUT2D eigenvalue weighted by molar-refractivity contribution is -0.124. The highest BCUT2D eigenvalue weighted by Crippen LogP contribution is 2.27. The summed E-state index contributed by atoms with van der Waals surface area (Å²) in [4.78, 5) is 16.5. The Morgan fingerprint density at radius 2 is 1.81 bits per heavy atom. The van der Waals surface area contributed by atoms with Crippen LogP contribution in [0.15, 0.2) is 65.7 Å².